The quantitative estimate of drug-likeness (QED) is 0.669. The summed E-state index contributed by atoms with van der Waals surface area (Å²) in [5, 5.41) is 5.93. The molecular weight excluding hydrogens is 303 g/mol. The van der Waals surface area contributed by atoms with Gasteiger partial charge in [0.1, 0.15) is 0 Å². The third-order valence-corrected chi connectivity index (χ3v) is 3.88. The van der Waals surface area contributed by atoms with E-state index in [9.17, 15) is 0 Å². The van der Waals surface area contributed by atoms with E-state index in [1.54, 1.807) is 6.20 Å². The Bertz CT molecular complexity index is 769. The van der Waals surface area contributed by atoms with Gasteiger partial charge in [-0.1, -0.05) is 41.4 Å². The molecular formula is C17H14Cl2N2. The van der Waals surface area contributed by atoms with E-state index in [1.807, 2.05) is 48.5 Å². The maximum Gasteiger partial charge on any atom is 0.0934 e. The number of nitrogens with zero attached hydrogens (tertiary/aromatic N) is 1. The standard InChI is InChI=1S/C17H14Cl2N2/c1-11(12-4-6-14(18)7-5-12)21-16-10-15(19)9-13-3-2-8-20-17(13)16/h2-11,21H,1H3. The Kier molecular flexibility index (Phi) is 4.00. The first-order chi connectivity index (χ1) is 10.1. The maximum atomic E-state index is 6.19. The fourth-order valence-electron chi connectivity index (χ4n) is 2.33. The molecule has 1 heterocycles. The highest BCUT2D eigenvalue weighted by molar-refractivity contribution is 6.32. The number of hydrogen-bond acceptors (Lipinski definition) is 2. The number of anilines is 1. The Labute approximate surface area is 133 Å². The molecule has 0 amide bonds. The van der Waals surface area contributed by atoms with E-state index >= 15 is 0 Å². The first-order valence-corrected chi connectivity index (χ1v) is 7.45. The number of aromatic nitrogens is 1. The van der Waals surface area contributed by atoms with Crippen molar-refractivity contribution in [1.82, 2.24) is 4.98 Å². The second kappa shape index (κ2) is 5.92. The van der Waals surface area contributed by atoms with Gasteiger partial charge in [0.2, 0.25) is 0 Å². The minimum absolute atomic E-state index is 0.130. The summed E-state index contributed by atoms with van der Waals surface area (Å²) in [7, 11) is 0. The fourth-order valence-corrected chi connectivity index (χ4v) is 2.69. The molecule has 0 saturated heterocycles. The zero-order chi connectivity index (χ0) is 14.8. The number of benzene rings is 2. The van der Waals surface area contributed by atoms with Gasteiger partial charge in [-0.2, -0.15) is 0 Å². The van der Waals surface area contributed by atoms with Gasteiger partial charge in [-0.05, 0) is 42.8 Å². The van der Waals surface area contributed by atoms with Gasteiger partial charge in [-0.15, -0.1) is 0 Å². The van der Waals surface area contributed by atoms with Crippen molar-refractivity contribution in [3.63, 3.8) is 0 Å². The molecule has 1 aromatic heterocycles. The molecule has 0 aliphatic carbocycles. The lowest BCUT2D eigenvalue weighted by atomic mass is 10.1. The van der Waals surface area contributed by atoms with Crippen molar-refractivity contribution in [3.05, 3.63) is 70.3 Å². The number of nitrogens with one attached hydrogen (secondary N) is 1. The molecule has 2 aromatic carbocycles. The lowest BCUT2D eigenvalue weighted by Crippen LogP contribution is -2.07. The van der Waals surface area contributed by atoms with Crippen molar-refractivity contribution in [1.29, 1.82) is 0 Å². The Morgan fingerprint density at radius 1 is 1.00 bits per heavy atom. The van der Waals surface area contributed by atoms with Gasteiger partial charge in [-0.25, -0.2) is 0 Å². The molecule has 2 nitrogen and oxygen atoms in total. The lowest BCUT2D eigenvalue weighted by Gasteiger charge is -2.17. The molecule has 106 valence electrons. The van der Waals surface area contributed by atoms with E-state index in [-0.39, 0.29) is 6.04 Å². The summed E-state index contributed by atoms with van der Waals surface area (Å²) < 4.78 is 0. The topological polar surface area (TPSA) is 24.9 Å². The molecule has 1 N–H and O–H groups in total. The average Bonchev–Trinajstić information content (AvgIpc) is 2.47. The minimum Gasteiger partial charge on any atom is -0.377 e. The highest BCUT2D eigenvalue weighted by atomic mass is 35.5. The van der Waals surface area contributed by atoms with Crippen molar-refractivity contribution in [2.45, 2.75) is 13.0 Å². The Morgan fingerprint density at radius 2 is 1.76 bits per heavy atom. The van der Waals surface area contributed by atoms with Gasteiger partial charge >= 0.3 is 0 Å². The van der Waals surface area contributed by atoms with E-state index in [0.717, 1.165) is 27.2 Å². The largest absolute Gasteiger partial charge is 0.377 e. The van der Waals surface area contributed by atoms with Gasteiger partial charge in [0, 0.05) is 27.7 Å². The molecule has 0 aliphatic rings. The van der Waals surface area contributed by atoms with Crippen LogP contribution in [0.15, 0.2) is 54.7 Å². The summed E-state index contributed by atoms with van der Waals surface area (Å²) in [6.45, 7) is 2.10. The van der Waals surface area contributed by atoms with Crippen LogP contribution < -0.4 is 5.32 Å². The number of fused-ring (bicyclic) bond motifs is 1. The van der Waals surface area contributed by atoms with Crippen molar-refractivity contribution in [2.24, 2.45) is 0 Å². The molecule has 3 rings (SSSR count). The lowest BCUT2D eigenvalue weighted by molar-refractivity contribution is 0.886. The fraction of sp³-hybridized carbons (Fsp3) is 0.118. The molecule has 3 aromatic rings. The monoisotopic (exact) mass is 316 g/mol. The number of pyridine rings is 1. The highest BCUT2D eigenvalue weighted by Gasteiger charge is 2.09. The molecule has 0 saturated carbocycles. The summed E-state index contributed by atoms with van der Waals surface area (Å²) in [5.41, 5.74) is 3.01. The van der Waals surface area contributed by atoms with Crippen LogP contribution in [-0.2, 0) is 0 Å². The third kappa shape index (κ3) is 3.12. The molecule has 0 spiro atoms. The van der Waals surface area contributed by atoms with Crippen molar-refractivity contribution >= 4 is 39.8 Å². The van der Waals surface area contributed by atoms with Gasteiger partial charge in [-0.3, -0.25) is 4.98 Å². The van der Waals surface area contributed by atoms with Crippen LogP contribution in [0.4, 0.5) is 5.69 Å². The predicted molar refractivity (Wildman–Crippen MR) is 90.2 cm³/mol. The molecule has 1 unspecified atom stereocenters. The van der Waals surface area contributed by atoms with Gasteiger partial charge in [0.05, 0.1) is 11.2 Å². The van der Waals surface area contributed by atoms with E-state index in [2.05, 4.69) is 17.2 Å². The van der Waals surface area contributed by atoms with E-state index in [1.165, 1.54) is 0 Å². The summed E-state index contributed by atoms with van der Waals surface area (Å²) in [6.07, 6.45) is 1.79. The third-order valence-electron chi connectivity index (χ3n) is 3.41. The summed E-state index contributed by atoms with van der Waals surface area (Å²) in [6, 6.07) is 15.7. The van der Waals surface area contributed by atoms with Crippen molar-refractivity contribution in [3.8, 4) is 0 Å². The van der Waals surface area contributed by atoms with Crippen LogP contribution in [-0.4, -0.2) is 4.98 Å². The summed E-state index contributed by atoms with van der Waals surface area (Å²) in [4.78, 5) is 4.44. The van der Waals surface area contributed by atoms with Crippen LogP contribution in [0, 0.1) is 0 Å². The van der Waals surface area contributed by atoms with Crippen LogP contribution in [0.25, 0.3) is 10.9 Å². The molecule has 0 bridgehead atoms. The predicted octanol–water partition coefficient (Wildman–Crippen LogP) is 5.71. The van der Waals surface area contributed by atoms with E-state index in [0.29, 0.717) is 5.02 Å². The zero-order valence-electron chi connectivity index (χ0n) is 11.5. The molecule has 1 atom stereocenters. The summed E-state index contributed by atoms with van der Waals surface area (Å²) >= 11 is 12.1. The molecule has 4 heteroatoms. The average molecular weight is 317 g/mol. The number of hydrogen-bond donors (Lipinski definition) is 1. The molecule has 0 aliphatic heterocycles. The molecule has 0 fully saturated rings. The zero-order valence-corrected chi connectivity index (χ0v) is 13.0. The first kappa shape index (κ1) is 14.2. The van der Waals surface area contributed by atoms with E-state index < -0.39 is 0 Å². The SMILES string of the molecule is CC(Nc1cc(Cl)cc2cccnc12)c1ccc(Cl)cc1. The maximum absolute atomic E-state index is 6.19. The van der Waals surface area contributed by atoms with Gasteiger partial charge in [0.15, 0.2) is 0 Å². The minimum atomic E-state index is 0.130. The van der Waals surface area contributed by atoms with Gasteiger partial charge < -0.3 is 5.32 Å². The Balaban J connectivity index is 1.95. The van der Waals surface area contributed by atoms with Gasteiger partial charge in [0.25, 0.3) is 0 Å². The van der Waals surface area contributed by atoms with Crippen molar-refractivity contribution < 1.29 is 0 Å². The summed E-state index contributed by atoms with van der Waals surface area (Å²) in [5.74, 6) is 0. The van der Waals surface area contributed by atoms with Crippen LogP contribution in [0.3, 0.4) is 0 Å². The van der Waals surface area contributed by atoms with Crippen LogP contribution in [0.5, 0.6) is 0 Å². The number of halogens is 2. The van der Waals surface area contributed by atoms with E-state index in [4.69, 9.17) is 23.2 Å². The second-order valence-corrected chi connectivity index (χ2v) is 5.82. The Hall–Kier alpha value is -1.77. The normalized spacial score (nSPS) is 12.3. The Morgan fingerprint density at radius 3 is 2.52 bits per heavy atom. The van der Waals surface area contributed by atoms with Crippen LogP contribution >= 0.6 is 23.2 Å². The number of rotatable bonds is 3. The highest BCUT2D eigenvalue weighted by Crippen LogP contribution is 2.29. The molecule has 21 heavy (non-hydrogen) atoms. The van der Waals surface area contributed by atoms with Crippen LogP contribution in [0.1, 0.15) is 18.5 Å². The van der Waals surface area contributed by atoms with Crippen LogP contribution in [0.2, 0.25) is 10.0 Å². The smallest absolute Gasteiger partial charge is 0.0934 e. The second-order valence-electron chi connectivity index (χ2n) is 4.95. The first-order valence-electron chi connectivity index (χ1n) is 6.70. The van der Waals surface area contributed by atoms with Crippen molar-refractivity contribution in [2.75, 3.05) is 5.32 Å². The molecule has 0 radical (unpaired) electrons.